The van der Waals surface area contributed by atoms with E-state index in [4.69, 9.17) is 0 Å². The van der Waals surface area contributed by atoms with Crippen molar-refractivity contribution in [3.63, 3.8) is 0 Å². The monoisotopic (exact) mass is 293 g/mol. The van der Waals surface area contributed by atoms with E-state index in [1.54, 1.807) is 0 Å². The molecule has 2 heterocycles. The number of hydrogen-bond donors (Lipinski definition) is 1. The van der Waals surface area contributed by atoms with Gasteiger partial charge in [0.1, 0.15) is 5.82 Å². The molecule has 120 valence electrons. The Labute approximate surface area is 129 Å². The summed E-state index contributed by atoms with van der Waals surface area (Å²) in [4.78, 5) is 4.86. The molecule has 1 aromatic rings. The van der Waals surface area contributed by atoms with Crippen LogP contribution in [0.25, 0.3) is 0 Å². The third kappa shape index (κ3) is 3.40. The van der Waals surface area contributed by atoms with Crippen LogP contribution in [-0.2, 0) is 13.6 Å². The molecule has 1 N–H and O–H groups in total. The summed E-state index contributed by atoms with van der Waals surface area (Å²) in [5.41, 5.74) is 2.51. The SMILES string of the molecule is CCCNCc1c(C)nn(C)c1N1CC(C)C(N(C)C)C1. The number of aryl methyl sites for hydroxylation is 2. The van der Waals surface area contributed by atoms with Gasteiger partial charge in [0.05, 0.1) is 5.69 Å². The molecule has 0 saturated carbocycles. The number of aromatic nitrogens is 2. The molecule has 0 bridgehead atoms. The summed E-state index contributed by atoms with van der Waals surface area (Å²) in [6, 6.07) is 0.622. The molecule has 1 aliphatic heterocycles. The van der Waals surface area contributed by atoms with Crippen LogP contribution in [0.1, 0.15) is 31.5 Å². The minimum atomic E-state index is 0.622. The fourth-order valence-electron chi connectivity index (χ4n) is 3.48. The Hall–Kier alpha value is -1.07. The normalized spacial score (nSPS) is 22.5. The van der Waals surface area contributed by atoms with Gasteiger partial charge in [0.25, 0.3) is 0 Å². The second-order valence-electron chi connectivity index (χ2n) is 6.60. The predicted molar refractivity (Wildman–Crippen MR) is 88.8 cm³/mol. The van der Waals surface area contributed by atoms with Crippen LogP contribution in [0.15, 0.2) is 0 Å². The third-order valence-corrected chi connectivity index (χ3v) is 4.58. The van der Waals surface area contributed by atoms with Crippen molar-refractivity contribution in [1.82, 2.24) is 20.0 Å². The first-order valence-electron chi connectivity index (χ1n) is 8.10. The number of anilines is 1. The second kappa shape index (κ2) is 6.79. The van der Waals surface area contributed by atoms with E-state index in [0.717, 1.165) is 38.3 Å². The van der Waals surface area contributed by atoms with E-state index in [0.29, 0.717) is 12.0 Å². The summed E-state index contributed by atoms with van der Waals surface area (Å²) in [5, 5.41) is 8.17. The molecule has 2 rings (SSSR count). The topological polar surface area (TPSA) is 36.3 Å². The first-order valence-corrected chi connectivity index (χ1v) is 8.10. The van der Waals surface area contributed by atoms with Gasteiger partial charge in [-0.3, -0.25) is 4.68 Å². The van der Waals surface area contributed by atoms with Gasteiger partial charge >= 0.3 is 0 Å². The molecule has 21 heavy (non-hydrogen) atoms. The largest absolute Gasteiger partial charge is 0.355 e. The molecule has 1 fully saturated rings. The van der Waals surface area contributed by atoms with Crippen LogP contribution in [0.4, 0.5) is 5.82 Å². The van der Waals surface area contributed by atoms with Crippen molar-refractivity contribution in [3.8, 4) is 0 Å². The summed E-state index contributed by atoms with van der Waals surface area (Å²) in [5.74, 6) is 1.99. The Morgan fingerprint density at radius 2 is 2.05 bits per heavy atom. The van der Waals surface area contributed by atoms with E-state index in [-0.39, 0.29) is 0 Å². The highest BCUT2D eigenvalue weighted by atomic mass is 15.4. The molecule has 2 atom stereocenters. The number of likely N-dealkylation sites (N-methyl/N-ethyl adjacent to an activating group) is 1. The number of nitrogens with zero attached hydrogens (tertiary/aromatic N) is 4. The van der Waals surface area contributed by atoms with Crippen molar-refractivity contribution < 1.29 is 0 Å². The summed E-state index contributed by atoms with van der Waals surface area (Å²) >= 11 is 0. The van der Waals surface area contributed by atoms with Gasteiger partial charge in [-0.1, -0.05) is 13.8 Å². The van der Waals surface area contributed by atoms with E-state index in [1.807, 2.05) is 0 Å². The molecule has 0 aliphatic carbocycles. The lowest BCUT2D eigenvalue weighted by Crippen LogP contribution is -2.34. The molecule has 0 radical (unpaired) electrons. The van der Waals surface area contributed by atoms with Gasteiger partial charge in [0.2, 0.25) is 0 Å². The lowest BCUT2D eigenvalue weighted by atomic mass is 10.1. The van der Waals surface area contributed by atoms with Crippen molar-refractivity contribution in [2.45, 2.75) is 39.8 Å². The summed E-state index contributed by atoms with van der Waals surface area (Å²) in [6.07, 6.45) is 1.16. The highest BCUT2D eigenvalue weighted by Crippen LogP contribution is 2.30. The Kier molecular flexibility index (Phi) is 5.27. The third-order valence-electron chi connectivity index (χ3n) is 4.58. The zero-order chi connectivity index (χ0) is 15.6. The Morgan fingerprint density at radius 3 is 2.62 bits per heavy atom. The molecular formula is C16H31N5. The van der Waals surface area contributed by atoms with Crippen molar-refractivity contribution in [1.29, 1.82) is 0 Å². The zero-order valence-corrected chi connectivity index (χ0v) is 14.5. The molecule has 5 nitrogen and oxygen atoms in total. The molecule has 0 aromatic carbocycles. The van der Waals surface area contributed by atoms with Crippen molar-refractivity contribution in [2.24, 2.45) is 13.0 Å². The molecule has 0 amide bonds. The van der Waals surface area contributed by atoms with Crippen LogP contribution >= 0.6 is 0 Å². The Bertz CT molecular complexity index is 465. The molecule has 2 unspecified atom stereocenters. The van der Waals surface area contributed by atoms with Gasteiger partial charge in [-0.05, 0) is 39.9 Å². The van der Waals surface area contributed by atoms with Gasteiger partial charge in [-0.25, -0.2) is 0 Å². The van der Waals surface area contributed by atoms with Crippen molar-refractivity contribution >= 4 is 5.82 Å². The lowest BCUT2D eigenvalue weighted by molar-refractivity contribution is 0.266. The average molecular weight is 293 g/mol. The number of rotatable bonds is 6. The number of hydrogen-bond acceptors (Lipinski definition) is 4. The van der Waals surface area contributed by atoms with Crippen molar-refractivity contribution in [2.75, 3.05) is 38.6 Å². The molecular weight excluding hydrogens is 262 g/mol. The van der Waals surface area contributed by atoms with Crippen molar-refractivity contribution in [3.05, 3.63) is 11.3 Å². The average Bonchev–Trinajstić information content (AvgIpc) is 2.91. The maximum absolute atomic E-state index is 4.65. The lowest BCUT2D eigenvalue weighted by Gasteiger charge is -2.23. The van der Waals surface area contributed by atoms with Crippen LogP contribution in [0.2, 0.25) is 0 Å². The minimum Gasteiger partial charge on any atom is -0.355 e. The van der Waals surface area contributed by atoms with E-state index < -0.39 is 0 Å². The summed E-state index contributed by atoms with van der Waals surface area (Å²) < 4.78 is 2.06. The Morgan fingerprint density at radius 1 is 1.33 bits per heavy atom. The highest BCUT2D eigenvalue weighted by Gasteiger charge is 2.33. The highest BCUT2D eigenvalue weighted by molar-refractivity contribution is 5.51. The second-order valence-corrected chi connectivity index (χ2v) is 6.60. The van der Waals surface area contributed by atoms with E-state index in [1.165, 1.54) is 11.4 Å². The Balaban J connectivity index is 2.19. The standard InChI is InChI=1S/C16H31N5/c1-7-8-17-9-14-13(3)18-20(6)16(14)21-10-12(2)15(11-21)19(4)5/h12,15,17H,7-11H2,1-6H3. The quantitative estimate of drug-likeness (QED) is 0.809. The van der Waals surface area contributed by atoms with Crippen LogP contribution in [0.5, 0.6) is 0 Å². The van der Waals surface area contributed by atoms with Gasteiger partial charge < -0.3 is 15.1 Å². The van der Waals surface area contributed by atoms with Crippen LogP contribution in [-0.4, -0.2) is 54.5 Å². The fourth-order valence-corrected chi connectivity index (χ4v) is 3.48. The van der Waals surface area contributed by atoms with Crippen LogP contribution in [0.3, 0.4) is 0 Å². The van der Waals surface area contributed by atoms with Gasteiger partial charge in [-0.2, -0.15) is 5.10 Å². The van der Waals surface area contributed by atoms with Crippen LogP contribution < -0.4 is 10.2 Å². The van der Waals surface area contributed by atoms with Crippen LogP contribution in [0, 0.1) is 12.8 Å². The molecule has 0 spiro atoms. The van der Waals surface area contributed by atoms with Gasteiger partial charge in [0.15, 0.2) is 0 Å². The van der Waals surface area contributed by atoms with E-state index in [9.17, 15) is 0 Å². The summed E-state index contributed by atoms with van der Waals surface area (Å²) in [7, 11) is 6.44. The van der Waals surface area contributed by atoms with E-state index in [2.05, 4.69) is 66.8 Å². The predicted octanol–water partition coefficient (Wildman–Crippen LogP) is 1.61. The maximum Gasteiger partial charge on any atom is 0.131 e. The first-order chi connectivity index (χ1) is 9.95. The minimum absolute atomic E-state index is 0.622. The molecule has 5 heteroatoms. The smallest absolute Gasteiger partial charge is 0.131 e. The molecule has 1 aliphatic rings. The first kappa shape index (κ1) is 16.3. The summed E-state index contributed by atoms with van der Waals surface area (Å²) in [6.45, 7) is 10.9. The van der Waals surface area contributed by atoms with Gasteiger partial charge in [0, 0.05) is 38.3 Å². The fraction of sp³-hybridized carbons (Fsp3) is 0.812. The molecule has 1 aromatic heterocycles. The number of nitrogens with one attached hydrogen (secondary N) is 1. The molecule has 1 saturated heterocycles. The zero-order valence-electron chi connectivity index (χ0n) is 14.5. The van der Waals surface area contributed by atoms with Gasteiger partial charge in [-0.15, -0.1) is 0 Å². The van der Waals surface area contributed by atoms with E-state index >= 15 is 0 Å². The maximum atomic E-state index is 4.65.